The summed E-state index contributed by atoms with van der Waals surface area (Å²) in [4.78, 5) is 39.3. The number of carbonyl (C=O) groups excluding carboxylic acids is 2. The first-order chi connectivity index (χ1) is 17.0. The number of hydrogen-bond acceptors (Lipinski definition) is 4. The Kier molecular flexibility index (Phi) is 7.35. The van der Waals surface area contributed by atoms with Crippen molar-refractivity contribution in [2.24, 2.45) is 0 Å². The van der Waals surface area contributed by atoms with Gasteiger partial charge in [-0.15, -0.1) is 0 Å². The van der Waals surface area contributed by atoms with Crippen molar-refractivity contribution >= 4 is 34.0 Å². The number of aryl methyl sites for hydroxylation is 2. The normalized spacial score (nSPS) is 10.8. The molecule has 0 fully saturated rings. The minimum Gasteiger partial charge on any atom is -0.322 e. The quantitative estimate of drug-likeness (QED) is 0.339. The molecule has 0 bridgehead atoms. The number of unbranched alkanes of at least 4 members (excludes halogenated alkanes) is 2. The van der Waals surface area contributed by atoms with Crippen LogP contribution in [0.15, 0.2) is 77.6 Å². The van der Waals surface area contributed by atoms with Crippen LogP contribution in [0, 0.1) is 6.92 Å². The van der Waals surface area contributed by atoms with E-state index < -0.39 is 5.91 Å². The molecule has 2 amide bonds. The number of rotatable bonds is 8. The van der Waals surface area contributed by atoms with Crippen molar-refractivity contribution in [2.45, 2.75) is 39.7 Å². The highest BCUT2D eigenvalue weighted by atomic mass is 16.2. The average molecular weight is 469 g/mol. The van der Waals surface area contributed by atoms with Crippen molar-refractivity contribution < 1.29 is 9.59 Å². The molecule has 0 aliphatic rings. The number of benzene rings is 3. The monoisotopic (exact) mass is 468 g/mol. The van der Waals surface area contributed by atoms with Crippen LogP contribution in [-0.4, -0.2) is 21.6 Å². The van der Waals surface area contributed by atoms with Gasteiger partial charge in [-0.25, -0.2) is 4.68 Å². The lowest BCUT2D eigenvalue weighted by Gasteiger charge is -2.14. The van der Waals surface area contributed by atoms with Gasteiger partial charge in [0.1, 0.15) is 0 Å². The first kappa shape index (κ1) is 23.9. The summed E-state index contributed by atoms with van der Waals surface area (Å²) < 4.78 is 1.36. The van der Waals surface area contributed by atoms with E-state index in [0.29, 0.717) is 34.3 Å². The Balaban J connectivity index is 1.65. The number of carbonyl (C=O) groups is 2. The van der Waals surface area contributed by atoms with E-state index in [4.69, 9.17) is 0 Å². The lowest BCUT2D eigenvalue weighted by molar-refractivity contribution is 0.102. The molecule has 7 nitrogen and oxygen atoms in total. The maximum absolute atomic E-state index is 13.4. The Bertz CT molecular complexity index is 1440. The van der Waals surface area contributed by atoms with Gasteiger partial charge in [0, 0.05) is 17.6 Å². The molecule has 0 atom stereocenters. The molecule has 7 heteroatoms. The molecule has 0 aliphatic heterocycles. The molecule has 0 radical (unpaired) electrons. The van der Waals surface area contributed by atoms with E-state index in [1.807, 2.05) is 31.2 Å². The van der Waals surface area contributed by atoms with Gasteiger partial charge in [0.2, 0.25) is 0 Å². The van der Waals surface area contributed by atoms with Crippen LogP contribution < -0.4 is 16.2 Å². The third kappa shape index (κ3) is 5.46. The van der Waals surface area contributed by atoms with E-state index in [-0.39, 0.29) is 17.2 Å². The number of hydrogen-bond donors (Lipinski definition) is 2. The van der Waals surface area contributed by atoms with Crippen LogP contribution in [-0.2, 0) is 6.54 Å². The van der Waals surface area contributed by atoms with Gasteiger partial charge >= 0.3 is 0 Å². The van der Waals surface area contributed by atoms with Crippen molar-refractivity contribution in [3.8, 4) is 0 Å². The summed E-state index contributed by atoms with van der Waals surface area (Å²) in [7, 11) is 0. The topological polar surface area (TPSA) is 93.1 Å². The van der Waals surface area contributed by atoms with Crippen LogP contribution in [0.25, 0.3) is 10.8 Å². The average Bonchev–Trinajstić information content (AvgIpc) is 2.86. The smallest absolute Gasteiger partial charge is 0.276 e. The predicted octanol–water partition coefficient (Wildman–Crippen LogP) is 5.40. The number of fused-ring (bicyclic) bond motifs is 1. The second-order valence-electron chi connectivity index (χ2n) is 8.45. The summed E-state index contributed by atoms with van der Waals surface area (Å²) in [6.07, 6.45) is 2.77. The Morgan fingerprint density at radius 3 is 2.37 bits per heavy atom. The molecule has 1 heterocycles. The van der Waals surface area contributed by atoms with Gasteiger partial charge in [0.25, 0.3) is 17.4 Å². The zero-order chi connectivity index (χ0) is 24.8. The SMILES string of the molecule is CCCCCn1nc(C(=O)Nc2ccccc2C(=O)Nc2cccc(C)c2)c2ccccc2c1=O. The molecular formula is C28H28N4O3. The zero-order valence-electron chi connectivity index (χ0n) is 19.9. The molecule has 3 aromatic carbocycles. The Morgan fingerprint density at radius 2 is 1.60 bits per heavy atom. The molecule has 0 unspecified atom stereocenters. The van der Waals surface area contributed by atoms with E-state index in [1.54, 1.807) is 48.5 Å². The van der Waals surface area contributed by atoms with Gasteiger partial charge in [0.15, 0.2) is 5.69 Å². The third-order valence-corrected chi connectivity index (χ3v) is 5.75. The van der Waals surface area contributed by atoms with E-state index >= 15 is 0 Å². The summed E-state index contributed by atoms with van der Waals surface area (Å²) in [5, 5.41) is 11.0. The van der Waals surface area contributed by atoms with Crippen LogP contribution in [0.4, 0.5) is 11.4 Å². The number of para-hydroxylation sites is 1. The highest BCUT2D eigenvalue weighted by Crippen LogP contribution is 2.21. The van der Waals surface area contributed by atoms with Crippen molar-refractivity contribution in [1.29, 1.82) is 0 Å². The molecule has 0 saturated heterocycles. The standard InChI is InChI=1S/C28H28N4O3/c1-3-4-9-17-32-28(35)22-14-6-5-13-21(22)25(31-32)27(34)30-24-16-8-7-15-23(24)26(33)29-20-12-10-11-19(2)18-20/h5-8,10-16,18H,3-4,9,17H2,1-2H3,(H,29,33)(H,30,34). The molecule has 0 aliphatic carbocycles. The zero-order valence-corrected chi connectivity index (χ0v) is 19.9. The largest absolute Gasteiger partial charge is 0.322 e. The second-order valence-corrected chi connectivity index (χ2v) is 8.45. The van der Waals surface area contributed by atoms with E-state index in [9.17, 15) is 14.4 Å². The second kappa shape index (κ2) is 10.8. The first-order valence-corrected chi connectivity index (χ1v) is 11.8. The van der Waals surface area contributed by atoms with Crippen LogP contribution in [0.2, 0.25) is 0 Å². The molecule has 178 valence electrons. The maximum Gasteiger partial charge on any atom is 0.276 e. The maximum atomic E-state index is 13.4. The summed E-state index contributed by atoms with van der Waals surface area (Å²) in [6, 6.07) is 21.3. The lowest BCUT2D eigenvalue weighted by Crippen LogP contribution is -2.28. The highest BCUT2D eigenvalue weighted by molar-refractivity contribution is 6.15. The van der Waals surface area contributed by atoms with Crippen molar-refractivity contribution in [2.75, 3.05) is 10.6 Å². The van der Waals surface area contributed by atoms with Gasteiger partial charge in [-0.3, -0.25) is 14.4 Å². The van der Waals surface area contributed by atoms with E-state index in [2.05, 4.69) is 22.7 Å². The van der Waals surface area contributed by atoms with Crippen LogP contribution in [0.3, 0.4) is 0 Å². The highest BCUT2D eigenvalue weighted by Gasteiger charge is 2.19. The minimum atomic E-state index is -0.485. The van der Waals surface area contributed by atoms with E-state index in [0.717, 1.165) is 24.8 Å². The van der Waals surface area contributed by atoms with Gasteiger partial charge in [-0.1, -0.05) is 62.2 Å². The van der Waals surface area contributed by atoms with Gasteiger partial charge in [0.05, 0.1) is 16.6 Å². The minimum absolute atomic E-state index is 0.144. The third-order valence-electron chi connectivity index (χ3n) is 5.75. The molecule has 0 spiro atoms. The Hall–Kier alpha value is -4.26. The summed E-state index contributed by atoms with van der Waals surface area (Å²) in [6.45, 7) is 4.47. The number of anilines is 2. The van der Waals surface area contributed by atoms with E-state index in [1.165, 1.54) is 4.68 Å². The molecule has 4 aromatic rings. The van der Waals surface area contributed by atoms with Gasteiger partial charge in [-0.2, -0.15) is 5.10 Å². The fourth-order valence-corrected chi connectivity index (χ4v) is 3.96. The van der Waals surface area contributed by atoms with Crippen molar-refractivity contribution in [1.82, 2.24) is 9.78 Å². The molecular weight excluding hydrogens is 440 g/mol. The van der Waals surface area contributed by atoms with Gasteiger partial charge in [-0.05, 0) is 49.2 Å². The number of nitrogens with one attached hydrogen (secondary N) is 2. The first-order valence-electron chi connectivity index (χ1n) is 11.8. The number of nitrogens with zero attached hydrogens (tertiary/aromatic N) is 2. The van der Waals surface area contributed by atoms with Crippen molar-refractivity contribution in [3.63, 3.8) is 0 Å². The van der Waals surface area contributed by atoms with Crippen LogP contribution in [0.1, 0.15) is 52.6 Å². The summed E-state index contributed by atoms with van der Waals surface area (Å²) >= 11 is 0. The van der Waals surface area contributed by atoms with Gasteiger partial charge < -0.3 is 10.6 Å². The Labute approximate surface area is 203 Å². The van der Waals surface area contributed by atoms with Crippen LogP contribution in [0.5, 0.6) is 0 Å². The fraction of sp³-hybridized carbons (Fsp3) is 0.214. The van der Waals surface area contributed by atoms with Crippen molar-refractivity contribution in [3.05, 3.63) is 100.0 Å². The van der Waals surface area contributed by atoms with Crippen LogP contribution >= 0.6 is 0 Å². The Morgan fingerprint density at radius 1 is 0.857 bits per heavy atom. The predicted molar refractivity (Wildman–Crippen MR) is 139 cm³/mol. The molecule has 4 rings (SSSR count). The lowest BCUT2D eigenvalue weighted by atomic mass is 10.1. The molecule has 0 saturated carbocycles. The number of aromatic nitrogens is 2. The number of amides is 2. The summed E-state index contributed by atoms with van der Waals surface area (Å²) in [5.74, 6) is -0.824. The fourth-order valence-electron chi connectivity index (χ4n) is 3.96. The molecule has 35 heavy (non-hydrogen) atoms. The molecule has 1 aromatic heterocycles. The molecule has 2 N–H and O–H groups in total. The summed E-state index contributed by atoms with van der Waals surface area (Å²) in [5.41, 5.74) is 2.30.